The maximum atomic E-state index is 12.5. The summed E-state index contributed by atoms with van der Waals surface area (Å²) in [7, 11) is 0. The van der Waals surface area contributed by atoms with Gasteiger partial charge in [-0.2, -0.15) is 5.10 Å². The Hall–Kier alpha value is -4.33. The number of phenolic OH excluding ortho intramolecular Hbond substituents is 1. The summed E-state index contributed by atoms with van der Waals surface area (Å²) in [5.74, 6) is -0.811. The Balaban J connectivity index is 1.58. The molecule has 4 aromatic rings. The van der Waals surface area contributed by atoms with Crippen LogP contribution in [0.15, 0.2) is 50.6 Å². The first-order valence-corrected chi connectivity index (χ1v) is 9.67. The number of nitro benzene ring substituents is 1. The van der Waals surface area contributed by atoms with E-state index in [1.807, 2.05) is 0 Å². The number of hydrogen-bond donors (Lipinski definition) is 3. The van der Waals surface area contributed by atoms with E-state index in [0.717, 1.165) is 12.3 Å². The van der Waals surface area contributed by atoms with Crippen molar-refractivity contribution in [3.8, 4) is 17.3 Å². The number of nitrogen functional groups attached to an aromatic ring is 1. The van der Waals surface area contributed by atoms with E-state index in [2.05, 4.69) is 46.4 Å². The third-order valence-corrected chi connectivity index (χ3v) is 4.81. The standard InChI is InChI=1S/C18H13BrN8O5/c19-10-5-9(16(29)13(6-10)27(30)31)7-21-23-14(28)8-26-12-4-2-1-3-11(12)22-18(26)15-17(20)25-32-24-15/h1-7,29H,8H2,(H2,20,25)(H,23,28)/b21-7-. The second-order valence-corrected chi connectivity index (χ2v) is 7.34. The Labute approximate surface area is 186 Å². The van der Waals surface area contributed by atoms with Crippen molar-refractivity contribution in [1.29, 1.82) is 0 Å². The lowest BCUT2D eigenvalue weighted by Gasteiger charge is -2.07. The molecule has 0 aliphatic rings. The molecule has 14 heteroatoms. The number of carbonyl (C=O) groups is 1. The van der Waals surface area contributed by atoms with E-state index in [0.29, 0.717) is 15.5 Å². The van der Waals surface area contributed by atoms with Crippen LogP contribution in [-0.2, 0) is 11.3 Å². The molecule has 13 nitrogen and oxygen atoms in total. The number of anilines is 1. The summed E-state index contributed by atoms with van der Waals surface area (Å²) in [6.07, 6.45) is 1.09. The molecule has 162 valence electrons. The van der Waals surface area contributed by atoms with Crippen LogP contribution in [0, 0.1) is 10.1 Å². The summed E-state index contributed by atoms with van der Waals surface area (Å²) in [5, 5.41) is 32.1. The molecule has 0 aliphatic heterocycles. The van der Waals surface area contributed by atoms with Gasteiger partial charge in [0.1, 0.15) is 6.54 Å². The van der Waals surface area contributed by atoms with Crippen molar-refractivity contribution >= 4 is 50.6 Å². The molecule has 4 N–H and O–H groups in total. The first-order chi connectivity index (χ1) is 15.3. The second kappa shape index (κ2) is 8.43. The van der Waals surface area contributed by atoms with Gasteiger partial charge in [0.25, 0.3) is 5.91 Å². The van der Waals surface area contributed by atoms with Gasteiger partial charge in [-0.15, -0.1) is 0 Å². The SMILES string of the molecule is Nc1nonc1-c1nc2ccccc2n1CC(=O)N/N=C\c1cc(Br)cc([N+](=O)[O-])c1O. The van der Waals surface area contributed by atoms with Crippen LogP contribution in [0.25, 0.3) is 22.6 Å². The number of aromatic nitrogens is 4. The molecule has 0 unspecified atom stereocenters. The number of nitrogens with one attached hydrogen (secondary N) is 1. The number of hydrazone groups is 1. The van der Waals surface area contributed by atoms with Crippen LogP contribution in [0.3, 0.4) is 0 Å². The molecule has 0 bridgehead atoms. The van der Waals surface area contributed by atoms with E-state index in [1.165, 1.54) is 6.07 Å². The maximum Gasteiger partial charge on any atom is 0.312 e. The quantitative estimate of drug-likeness (QED) is 0.202. The van der Waals surface area contributed by atoms with Gasteiger partial charge in [0, 0.05) is 16.1 Å². The second-order valence-electron chi connectivity index (χ2n) is 6.42. The molecule has 4 rings (SSSR count). The number of para-hydroxylation sites is 2. The minimum atomic E-state index is -0.730. The van der Waals surface area contributed by atoms with Crippen LogP contribution in [0.2, 0.25) is 0 Å². The number of aromatic hydroxyl groups is 1. The lowest BCUT2D eigenvalue weighted by atomic mass is 10.2. The predicted molar refractivity (Wildman–Crippen MR) is 116 cm³/mol. The Bertz CT molecular complexity index is 1380. The van der Waals surface area contributed by atoms with E-state index in [1.54, 1.807) is 28.8 Å². The molecule has 0 atom stereocenters. The van der Waals surface area contributed by atoms with Crippen LogP contribution >= 0.6 is 15.9 Å². The smallest absolute Gasteiger partial charge is 0.312 e. The lowest BCUT2D eigenvalue weighted by molar-refractivity contribution is -0.385. The Morgan fingerprint density at radius 1 is 1.38 bits per heavy atom. The third-order valence-electron chi connectivity index (χ3n) is 4.36. The number of amides is 1. The number of fused-ring (bicyclic) bond motifs is 1. The van der Waals surface area contributed by atoms with Gasteiger partial charge in [0.05, 0.1) is 22.2 Å². The maximum absolute atomic E-state index is 12.5. The van der Waals surface area contributed by atoms with Crippen molar-refractivity contribution in [1.82, 2.24) is 25.3 Å². The monoisotopic (exact) mass is 500 g/mol. The summed E-state index contributed by atoms with van der Waals surface area (Å²) >= 11 is 3.13. The summed E-state index contributed by atoms with van der Waals surface area (Å²) in [4.78, 5) is 27.3. The highest BCUT2D eigenvalue weighted by Crippen LogP contribution is 2.32. The molecule has 0 saturated heterocycles. The fourth-order valence-corrected chi connectivity index (χ4v) is 3.43. The van der Waals surface area contributed by atoms with Crippen molar-refractivity contribution < 1.29 is 19.5 Å². The molecule has 2 aromatic carbocycles. The van der Waals surface area contributed by atoms with Crippen molar-refractivity contribution in [2.24, 2.45) is 5.10 Å². The number of hydrogen-bond acceptors (Lipinski definition) is 10. The van der Waals surface area contributed by atoms with Gasteiger partial charge in [-0.1, -0.05) is 28.1 Å². The van der Waals surface area contributed by atoms with E-state index in [-0.39, 0.29) is 29.4 Å². The summed E-state index contributed by atoms with van der Waals surface area (Å²) in [6.45, 7) is -0.204. The zero-order valence-electron chi connectivity index (χ0n) is 16.0. The van der Waals surface area contributed by atoms with Crippen LogP contribution in [-0.4, -0.2) is 42.0 Å². The van der Waals surface area contributed by atoms with Gasteiger partial charge < -0.3 is 15.4 Å². The fraction of sp³-hybridized carbons (Fsp3) is 0.0556. The number of phenols is 1. The molecule has 2 aromatic heterocycles. The zero-order valence-corrected chi connectivity index (χ0v) is 17.6. The molecule has 0 fully saturated rings. The van der Waals surface area contributed by atoms with Crippen LogP contribution in [0.4, 0.5) is 11.5 Å². The van der Waals surface area contributed by atoms with Gasteiger partial charge in [-0.05, 0) is 28.5 Å². The molecular formula is C18H13BrN8O5. The number of rotatable bonds is 6. The van der Waals surface area contributed by atoms with E-state index >= 15 is 0 Å². The number of nitrogens with zero attached hydrogens (tertiary/aromatic N) is 6. The number of nitrogens with two attached hydrogens (primary N) is 1. The number of benzene rings is 2. The molecule has 32 heavy (non-hydrogen) atoms. The Kier molecular flexibility index (Phi) is 5.51. The van der Waals surface area contributed by atoms with Crippen molar-refractivity contribution in [2.75, 3.05) is 5.73 Å². The molecule has 0 radical (unpaired) electrons. The zero-order chi connectivity index (χ0) is 22.8. The minimum Gasteiger partial charge on any atom is -0.502 e. The van der Waals surface area contributed by atoms with Gasteiger partial charge in [0.15, 0.2) is 17.3 Å². The van der Waals surface area contributed by atoms with E-state index in [4.69, 9.17) is 5.73 Å². The average molecular weight is 501 g/mol. The summed E-state index contributed by atoms with van der Waals surface area (Å²) in [6, 6.07) is 9.68. The molecule has 0 saturated carbocycles. The fourth-order valence-electron chi connectivity index (χ4n) is 2.96. The van der Waals surface area contributed by atoms with E-state index < -0.39 is 22.3 Å². The third kappa shape index (κ3) is 3.98. The molecular weight excluding hydrogens is 488 g/mol. The number of nitro groups is 1. The van der Waals surface area contributed by atoms with Gasteiger partial charge in [-0.3, -0.25) is 14.9 Å². The van der Waals surface area contributed by atoms with Crippen LogP contribution in [0.1, 0.15) is 5.56 Å². The van der Waals surface area contributed by atoms with Crippen molar-refractivity contribution in [3.05, 3.63) is 56.5 Å². The highest BCUT2D eigenvalue weighted by Gasteiger charge is 2.21. The molecule has 0 aliphatic carbocycles. The Morgan fingerprint density at radius 2 is 2.16 bits per heavy atom. The first kappa shape index (κ1) is 20.9. The molecule has 0 spiro atoms. The molecule has 2 heterocycles. The first-order valence-electron chi connectivity index (χ1n) is 8.87. The summed E-state index contributed by atoms with van der Waals surface area (Å²) in [5.41, 5.74) is 9.06. The minimum absolute atomic E-state index is 0.0201. The lowest BCUT2D eigenvalue weighted by Crippen LogP contribution is -2.23. The van der Waals surface area contributed by atoms with Crippen LogP contribution < -0.4 is 11.2 Å². The normalized spacial score (nSPS) is 11.3. The molecule has 1 amide bonds. The number of imidazole rings is 1. The number of carbonyl (C=O) groups excluding carboxylic acids is 1. The van der Waals surface area contributed by atoms with E-state index in [9.17, 15) is 20.0 Å². The average Bonchev–Trinajstić information content (AvgIpc) is 3.33. The van der Waals surface area contributed by atoms with Gasteiger partial charge in [-0.25, -0.2) is 15.0 Å². The topological polar surface area (TPSA) is 188 Å². The van der Waals surface area contributed by atoms with Gasteiger partial charge >= 0.3 is 5.69 Å². The predicted octanol–water partition coefficient (Wildman–Crippen LogP) is 2.20. The van der Waals surface area contributed by atoms with Gasteiger partial charge in [0.2, 0.25) is 5.75 Å². The van der Waals surface area contributed by atoms with Crippen LogP contribution in [0.5, 0.6) is 5.75 Å². The number of halogens is 1. The van der Waals surface area contributed by atoms with Crippen molar-refractivity contribution in [3.63, 3.8) is 0 Å². The highest BCUT2D eigenvalue weighted by molar-refractivity contribution is 9.10. The largest absolute Gasteiger partial charge is 0.502 e. The highest BCUT2D eigenvalue weighted by atomic mass is 79.9. The summed E-state index contributed by atoms with van der Waals surface area (Å²) < 4.78 is 6.57. The van der Waals surface area contributed by atoms with Crippen molar-refractivity contribution in [2.45, 2.75) is 6.54 Å². The Morgan fingerprint density at radius 3 is 2.88 bits per heavy atom.